The van der Waals surface area contributed by atoms with Crippen LogP contribution in [0.2, 0.25) is 0 Å². The molecule has 3 heteroatoms. The molecule has 1 saturated heterocycles. The van der Waals surface area contributed by atoms with E-state index in [2.05, 4.69) is 37.6 Å². The average molecular weight is 226 g/mol. The van der Waals surface area contributed by atoms with Gasteiger partial charge in [-0.2, -0.15) is 0 Å². The molecule has 0 bridgehead atoms. The first-order chi connectivity index (χ1) is 7.61. The Morgan fingerprint density at radius 1 is 1.56 bits per heavy atom. The summed E-state index contributed by atoms with van der Waals surface area (Å²) in [6, 6.07) is 0.532. The lowest BCUT2D eigenvalue weighted by molar-refractivity contribution is -0.0266. The third-order valence-corrected chi connectivity index (χ3v) is 2.89. The molecule has 1 N–H and O–H groups in total. The van der Waals surface area contributed by atoms with E-state index < -0.39 is 0 Å². The minimum absolute atomic E-state index is 0.416. The van der Waals surface area contributed by atoms with Crippen molar-refractivity contribution in [2.45, 2.75) is 39.3 Å². The molecule has 0 aromatic rings. The maximum absolute atomic E-state index is 5.65. The Kier molecular flexibility index (Phi) is 6.03. The molecule has 0 saturated carbocycles. The van der Waals surface area contributed by atoms with Crippen LogP contribution in [0.25, 0.3) is 0 Å². The van der Waals surface area contributed by atoms with E-state index >= 15 is 0 Å². The Morgan fingerprint density at radius 3 is 2.94 bits per heavy atom. The molecule has 94 valence electrons. The first kappa shape index (κ1) is 13.7. The molecule has 0 aliphatic carbocycles. The number of hydrogen-bond acceptors (Lipinski definition) is 3. The van der Waals surface area contributed by atoms with Crippen LogP contribution in [-0.2, 0) is 4.74 Å². The largest absolute Gasteiger partial charge is 0.376 e. The first-order valence-corrected chi connectivity index (χ1v) is 6.35. The SMILES string of the molecule is C=C(CNC(C)C)CN1CCOC(CC)C1. The molecule has 0 aromatic heterocycles. The minimum Gasteiger partial charge on any atom is -0.376 e. The molecule has 1 rings (SSSR count). The highest BCUT2D eigenvalue weighted by molar-refractivity contribution is 5.00. The summed E-state index contributed by atoms with van der Waals surface area (Å²) in [7, 11) is 0. The highest BCUT2D eigenvalue weighted by Crippen LogP contribution is 2.09. The van der Waals surface area contributed by atoms with Crippen molar-refractivity contribution in [3.05, 3.63) is 12.2 Å². The van der Waals surface area contributed by atoms with Crippen LogP contribution in [0.15, 0.2) is 12.2 Å². The monoisotopic (exact) mass is 226 g/mol. The second-order valence-electron chi connectivity index (χ2n) is 4.92. The molecular weight excluding hydrogens is 200 g/mol. The van der Waals surface area contributed by atoms with Gasteiger partial charge >= 0.3 is 0 Å². The molecule has 0 amide bonds. The Hall–Kier alpha value is -0.380. The predicted octanol–water partition coefficient (Wildman–Crippen LogP) is 1.65. The van der Waals surface area contributed by atoms with Gasteiger partial charge in [-0.1, -0.05) is 27.4 Å². The molecule has 1 atom stereocenters. The molecular formula is C13H26N2O. The fraction of sp³-hybridized carbons (Fsp3) is 0.846. The molecule has 1 aliphatic rings. The Bertz CT molecular complexity index is 216. The highest BCUT2D eigenvalue weighted by atomic mass is 16.5. The van der Waals surface area contributed by atoms with Gasteiger partial charge in [0.05, 0.1) is 12.7 Å². The van der Waals surface area contributed by atoms with Crippen molar-refractivity contribution in [1.82, 2.24) is 10.2 Å². The number of hydrogen-bond donors (Lipinski definition) is 1. The summed E-state index contributed by atoms with van der Waals surface area (Å²) >= 11 is 0. The summed E-state index contributed by atoms with van der Waals surface area (Å²) in [5.41, 5.74) is 1.27. The number of nitrogens with one attached hydrogen (secondary N) is 1. The molecule has 0 spiro atoms. The predicted molar refractivity (Wildman–Crippen MR) is 68.7 cm³/mol. The number of nitrogens with zero attached hydrogens (tertiary/aromatic N) is 1. The smallest absolute Gasteiger partial charge is 0.0700 e. The Labute approximate surface area is 99.8 Å². The zero-order valence-corrected chi connectivity index (χ0v) is 11.0. The second kappa shape index (κ2) is 7.05. The van der Waals surface area contributed by atoms with Crippen LogP contribution in [0.1, 0.15) is 27.2 Å². The summed E-state index contributed by atoms with van der Waals surface area (Å²) in [5.74, 6) is 0. The van der Waals surface area contributed by atoms with Crippen LogP contribution in [0.5, 0.6) is 0 Å². The third-order valence-electron chi connectivity index (χ3n) is 2.89. The minimum atomic E-state index is 0.416. The molecule has 1 fully saturated rings. The number of ether oxygens (including phenoxy) is 1. The fourth-order valence-electron chi connectivity index (χ4n) is 1.89. The van der Waals surface area contributed by atoms with E-state index in [1.807, 2.05) is 0 Å². The molecule has 0 aromatic carbocycles. The van der Waals surface area contributed by atoms with E-state index in [0.29, 0.717) is 12.1 Å². The van der Waals surface area contributed by atoms with Crippen LogP contribution in [0.4, 0.5) is 0 Å². The zero-order valence-electron chi connectivity index (χ0n) is 11.0. The van der Waals surface area contributed by atoms with Gasteiger partial charge in [0.25, 0.3) is 0 Å². The summed E-state index contributed by atoms with van der Waals surface area (Å²) < 4.78 is 5.65. The average Bonchev–Trinajstić information content (AvgIpc) is 2.26. The van der Waals surface area contributed by atoms with Crippen LogP contribution in [0, 0.1) is 0 Å². The van der Waals surface area contributed by atoms with Crippen molar-refractivity contribution in [2.75, 3.05) is 32.8 Å². The number of morpholine rings is 1. The van der Waals surface area contributed by atoms with Crippen molar-refractivity contribution in [3.63, 3.8) is 0 Å². The van der Waals surface area contributed by atoms with Gasteiger partial charge in [0, 0.05) is 32.2 Å². The van der Waals surface area contributed by atoms with E-state index in [9.17, 15) is 0 Å². The van der Waals surface area contributed by atoms with Gasteiger partial charge in [-0.05, 0) is 12.0 Å². The van der Waals surface area contributed by atoms with E-state index in [1.54, 1.807) is 0 Å². The molecule has 16 heavy (non-hydrogen) atoms. The quantitative estimate of drug-likeness (QED) is 0.697. The summed E-state index contributed by atoms with van der Waals surface area (Å²) in [6.45, 7) is 15.5. The van der Waals surface area contributed by atoms with Gasteiger partial charge in [0.2, 0.25) is 0 Å². The molecule has 0 radical (unpaired) electrons. The van der Waals surface area contributed by atoms with E-state index in [1.165, 1.54) is 5.57 Å². The summed E-state index contributed by atoms with van der Waals surface area (Å²) in [4.78, 5) is 2.45. The molecule has 1 heterocycles. The van der Waals surface area contributed by atoms with Crippen molar-refractivity contribution >= 4 is 0 Å². The van der Waals surface area contributed by atoms with Gasteiger partial charge in [0.15, 0.2) is 0 Å². The maximum Gasteiger partial charge on any atom is 0.0700 e. The first-order valence-electron chi connectivity index (χ1n) is 6.35. The topological polar surface area (TPSA) is 24.5 Å². The maximum atomic E-state index is 5.65. The summed E-state index contributed by atoms with van der Waals surface area (Å²) in [6.07, 6.45) is 1.52. The lowest BCUT2D eigenvalue weighted by Gasteiger charge is -2.33. The third kappa shape index (κ3) is 5.10. The fourth-order valence-corrected chi connectivity index (χ4v) is 1.89. The van der Waals surface area contributed by atoms with Crippen molar-refractivity contribution < 1.29 is 4.74 Å². The molecule has 1 aliphatic heterocycles. The van der Waals surface area contributed by atoms with Gasteiger partial charge < -0.3 is 10.1 Å². The van der Waals surface area contributed by atoms with E-state index in [-0.39, 0.29) is 0 Å². The second-order valence-corrected chi connectivity index (χ2v) is 4.92. The van der Waals surface area contributed by atoms with Crippen LogP contribution >= 0.6 is 0 Å². The van der Waals surface area contributed by atoms with Crippen LogP contribution < -0.4 is 5.32 Å². The van der Waals surface area contributed by atoms with Gasteiger partial charge in [-0.3, -0.25) is 4.90 Å². The lowest BCUT2D eigenvalue weighted by atomic mass is 10.2. The van der Waals surface area contributed by atoms with Gasteiger partial charge in [-0.15, -0.1) is 0 Å². The van der Waals surface area contributed by atoms with E-state index in [0.717, 1.165) is 39.2 Å². The highest BCUT2D eigenvalue weighted by Gasteiger charge is 2.18. The standard InChI is InChI=1S/C13H26N2O/c1-5-13-10-15(6-7-16-13)9-12(4)8-14-11(2)3/h11,13-14H,4-10H2,1-3H3. The molecule has 3 nitrogen and oxygen atoms in total. The van der Waals surface area contributed by atoms with Crippen molar-refractivity contribution in [1.29, 1.82) is 0 Å². The van der Waals surface area contributed by atoms with Crippen LogP contribution in [0.3, 0.4) is 0 Å². The van der Waals surface area contributed by atoms with Crippen molar-refractivity contribution in [3.8, 4) is 0 Å². The number of rotatable bonds is 6. The lowest BCUT2D eigenvalue weighted by Crippen LogP contribution is -2.43. The van der Waals surface area contributed by atoms with Crippen LogP contribution in [-0.4, -0.2) is 49.8 Å². The normalized spacial score (nSPS) is 22.6. The van der Waals surface area contributed by atoms with E-state index in [4.69, 9.17) is 4.74 Å². The Morgan fingerprint density at radius 2 is 2.31 bits per heavy atom. The summed E-state index contributed by atoms with van der Waals surface area (Å²) in [5, 5.41) is 3.40. The Balaban J connectivity index is 2.22. The van der Waals surface area contributed by atoms with Gasteiger partial charge in [-0.25, -0.2) is 0 Å². The van der Waals surface area contributed by atoms with Gasteiger partial charge in [0.1, 0.15) is 0 Å². The zero-order chi connectivity index (χ0) is 12.0. The molecule has 1 unspecified atom stereocenters. The van der Waals surface area contributed by atoms with Crippen molar-refractivity contribution in [2.24, 2.45) is 0 Å².